The van der Waals surface area contributed by atoms with Gasteiger partial charge in [0.1, 0.15) is 5.54 Å². The molecule has 4 rings (SSSR count). The van der Waals surface area contributed by atoms with Crippen molar-refractivity contribution < 1.29 is 4.79 Å². The predicted molar refractivity (Wildman–Crippen MR) is 103 cm³/mol. The largest absolute Gasteiger partial charge is 0.338 e. The Labute approximate surface area is 157 Å². The van der Waals surface area contributed by atoms with Crippen LogP contribution in [0.25, 0.3) is 11.1 Å². The van der Waals surface area contributed by atoms with Crippen molar-refractivity contribution in [3.05, 3.63) is 59.1 Å². The molecule has 1 saturated carbocycles. The van der Waals surface area contributed by atoms with Crippen molar-refractivity contribution in [3.63, 3.8) is 0 Å². The summed E-state index contributed by atoms with van der Waals surface area (Å²) < 4.78 is 0. The summed E-state index contributed by atoms with van der Waals surface area (Å²) in [5, 5.41) is 12.0. The molecule has 2 fully saturated rings. The predicted octanol–water partition coefficient (Wildman–Crippen LogP) is 3.61. The lowest BCUT2D eigenvalue weighted by Gasteiger charge is -2.28. The monoisotopic (exact) mass is 363 g/mol. The quantitative estimate of drug-likeness (QED) is 0.815. The summed E-state index contributed by atoms with van der Waals surface area (Å²) >= 11 is 6.13. The molecule has 5 heteroatoms. The minimum atomic E-state index is -0.900. The highest BCUT2D eigenvalue weighted by molar-refractivity contribution is 6.30. The summed E-state index contributed by atoms with van der Waals surface area (Å²) in [7, 11) is 0. The summed E-state index contributed by atoms with van der Waals surface area (Å²) in [6, 6.07) is 15.5. The van der Waals surface area contributed by atoms with Crippen LogP contribution >= 0.6 is 11.6 Å². The fraction of sp³-hybridized carbons (Fsp3) is 0.238. The molecule has 1 unspecified atom stereocenters. The van der Waals surface area contributed by atoms with Gasteiger partial charge in [-0.25, -0.2) is 0 Å². The van der Waals surface area contributed by atoms with E-state index in [1.807, 2.05) is 48.5 Å². The highest BCUT2D eigenvalue weighted by atomic mass is 35.5. The van der Waals surface area contributed by atoms with Crippen molar-refractivity contribution in [2.75, 3.05) is 6.54 Å². The second kappa shape index (κ2) is 6.19. The maximum atomic E-state index is 13.2. The number of nitrogens with one attached hydrogen (secondary N) is 2. The number of carbonyl (C=O) groups excluding carboxylic acids is 1. The van der Waals surface area contributed by atoms with Gasteiger partial charge in [0.05, 0.1) is 6.54 Å². The van der Waals surface area contributed by atoms with E-state index < -0.39 is 5.54 Å². The SMILES string of the molecule is C#CCN1C(=N)NC(c2cccc(-c3cccc(Cl)c3)c2)(C2CC2)C1=O. The molecule has 0 aromatic heterocycles. The third-order valence-corrected chi connectivity index (χ3v) is 5.32. The zero-order valence-corrected chi connectivity index (χ0v) is 14.9. The van der Waals surface area contributed by atoms with Crippen LogP contribution < -0.4 is 5.32 Å². The van der Waals surface area contributed by atoms with Crippen LogP contribution in [0.1, 0.15) is 18.4 Å². The van der Waals surface area contributed by atoms with Gasteiger partial charge in [0.15, 0.2) is 5.96 Å². The second-order valence-electron chi connectivity index (χ2n) is 6.74. The normalized spacial score (nSPS) is 22.2. The number of rotatable bonds is 4. The Kier molecular flexibility index (Phi) is 3.97. The van der Waals surface area contributed by atoms with Gasteiger partial charge >= 0.3 is 0 Å². The molecular formula is C21H18ClN3O. The maximum Gasteiger partial charge on any atom is 0.260 e. The fourth-order valence-corrected chi connectivity index (χ4v) is 3.89. The number of guanidine groups is 1. The number of hydrogen-bond donors (Lipinski definition) is 2. The molecule has 4 nitrogen and oxygen atoms in total. The van der Waals surface area contributed by atoms with Gasteiger partial charge in [-0.1, -0.05) is 47.9 Å². The van der Waals surface area contributed by atoms with Crippen LogP contribution in [0.3, 0.4) is 0 Å². The van der Waals surface area contributed by atoms with Gasteiger partial charge in [-0.15, -0.1) is 6.42 Å². The number of terminal acetylenes is 1. The van der Waals surface area contributed by atoms with E-state index in [1.54, 1.807) is 0 Å². The van der Waals surface area contributed by atoms with Crippen molar-refractivity contribution in [1.82, 2.24) is 10.2 Å². The third kappa shape index (κ3) is 2.56. The summed E-state index contributed by atoms with van der Waals surface area (Å²) in [4.78, 5) is 14.6. The molecule has 2 aliphatic rings. The standard InChI is InChI=1S/C21H18ClN3O/c1-2-11-25-19(26)21(16-9-10-16,24-20(25)23)17-7-3-5-14(12-17)15-6-4-8-18(22)13-15/h1,3-8,12-13,16H,9-11H2,(H2,23,24). The van der Waals surface area contributed by atoms with E-state index in [1.165, 1.54) is 4.90 Å². The lowest BCUT2D eigenvalue weighted by atomic mass is 9.83. The van der Waals surface area contributed by atoms with E-state index >= 15 is 0 Å². The molecule has 2 aromatic rings. The molecule has 0 bridgehead atoms. The highest BCUT2D eigenvalue weighted by Crippen LogP contribution is 2.49. The van der Waals surface area contributed by atoms with Crippen LogP contribution in [0.5, 0.6) is 0 Å². The number of carbonyl (C=O) groups is 1. The molecule has 1 heterocycles. The van der Waals surface area contributed by atoms with Crippen LogP contribution in [0.4, 0.5) is 0 Å². The minimum Gasteiger partial charge on any atom is -0.338 e. The average molecular weight is 364 g/mol. The topological polar surface area (TPSA) is 56.2 Å². The zero-order valence-electron chi connectivity index (χ0n) is 14.1. The van der Waals surface area contributed by atoms with Crippen molar-refractivity contribution in [2.45, 2.75) is 18.4 Å². The van der Waals surface area contributed by atoms with Crippen LogP contribution in [0, 0.1) is 23.7 Å². The van der Waals surface area contributed by atoms with Crippen molar-refractivity contribution in [1.29, 1.82) is 5.41 Å². The summed E-state index contributed by atoms with van der Waals surface area (Å²) in [6.45, 7) is 0.104. The molecule has 1 atom stereocenters. The molecule has 1 saturated heterocycles. The highest BCUT2D eigenvalue weighted by Gasteiger charge is 2.58. The Balaban J connectivity index is 1.80. The molecule has 26 heavy (non-hydrogen) atoms. The first-order valence-electron chi connectivity index (χ1n) is 8.55. The Hall–Kier alpha value is -2.77. The van der Waals surface area contributed by atoms with Crippen molar-refractivity contribution in [3.8, 4) is 23.5 Å². The van der Waals surface area contributed by atoms with Crippen LogP contribution in [0.15, 0.2) is 48.5 Å². The zero-order chi connectivity index (χ0) is 18.3. The van der Waals surface area contributed by atoms with Gasteiger partial charge in [-0.3, -0.25) is 15.1 Å². The number of benzene rings is 2. The Morgan fingerprint density at radius 3 is 2.58 bits per heavy atom. The summed E-state index contributed by atoms with van der Waals surface area (Å²) in [5.41, 5.74) is 1.95. The van der Waals surface area contributed by atoms with E-state index in [9.17, 15) is 4.79 Å². The van der Waals surface area contributed by atoms with Crippen LogP contribution in [-0.2, 0) is 10.3 Å². The number of hydrogen-bond acceptors (Lipinski definition) is 2. The maximum absolute atomic E-state index is 13.2. The van der Waals surface area contributed by atoms with Crippen LogP contribution in [-0.4, -0.2) is 23.3 Å². The van der Waals surface area contributed by atoms with Gasteiger partial charge in [-0.05, 0) is 53.6 Å². The van der Waals surface area contributed by atoms with Gasteiger partial charge in [0.2, 0.25) is 0 Å². The van der Waals surface area contributed by atoms with Crippen molar-refractivity contribution >= 4 is 23.5 Å². The summed E-state index contributed by atoms with van der Waals surface area (Å²) in [6.07, 6.45) is 7.30. The first-order valence-corrected chi connectivity index (χ1v) is 8.92. The van der Waals surface area contributed by atoms with Gasteiger partial charge < -0.3 is 5.32 Å². The van der Waals surface area contributed by atoms with E-state index in [-0.39, 0.29) is 24.3 Å². The van der Waals surface area contributed by atoms with E-state index in [2.05, 4.69) is 11.2 Å². The van der Waals surface area contributed by atoms with E-state index in [0.29, 0.717) is 5.02 Å². The molecule has 130 valence electrons. The van der Waals surface area contributed by atoms with E-state index in [4.69, 9.17) is 23.4 Å². The molecular weight excluding hydrogens is 346 g/mol. The Bertz CT molecular complexity index is 944. The first-order chi connectivity index (χ1) is 12.6. The molecule has 1 aliphatic heterocycles. The fourth-order valence-electron chi connectivity index (χ4n) is 3.70. The minimum absolute atomic E-state index is 0.0769. The lowest BCUT2D eigenvalue weighted by Crippen LogP contribution is -2.46. The molecule has 2 N–H and O–H groups in total. The molecule has 0 spiro atoms. The Morgan fingerprint density at radius 2 is 1.92 bits per heavy atom. The second-order valence-corrected chi connectivity index (χ2v) is 7.18. The molecule has 2 aromatic carbocycles. The van der Waals surface area contributed by atoms with E-state index in [0.717, 1.165) is 29.5 Å². The number of amides is 1. The lowest BCUT2D eigenvalue weighted by molar-refractivity contribution is -0.131. The van der Waals surface area contributed by atoms with Crippen molar-refractivity contribution in [2.24, 2.45) is 5.92 Å². The number of halogens is 1. The molecule has 1 aliphatic carbocycles. The van der Waals surface area contributed by atoms with Crippen LogP contribution in [0.2, 0.25) is 5.02 Å². The molecule has 0 radical (unpaired) electrons. The van der Waals surface area contributed by atoms with Gasteiger partial charge in [0, 0.05) is 5.02 Å². The van der Waals surface area contributed by atoms with Gasteiger partial charge in [0.25, 0.3) is 5.91 Å². The summed E-state index contributed by atoms with van der Waals surface area (Å²) in [5.74, 6) is 2.59. The smallest absolute Gasteiger partial charge is 0.260 e. The Morgan fingerprint density at radius 1 is 1.23 bits per heavy atom. The number of nitrogens with zero attached hydrogens (tertiary/aromatic N) is 1. The average Bonchev–Trinajstić information content (AvgIpc) is 3.46. The first kappa shape index (κ1) is 16.7. The van der Waals surface area contributed by atoms with Gasteiger partial charge in [-0.2, -0.15) is 0 Å². The molecule has 1 amide bonds. The third-order valence-electron chi connectivity index (χ3n) is 5.08.